The second-order valence-electron chi connectivity index (χ2n) is 32.6. The van der Waals surface area contributed by atoms with Crippen molar-refractivity contribution in [3.8, 4) is 44.3 Å². The molecule has 30 nitrogen and oxygen atoms in total. The van der Waals surface area contributed by atoms with Gasteiger partial charge in [-0.05, 0) is 170 Å². The van der Waals surface area contributed by atoms with E-state index in [9.17, 15) is 52.7 Å². The number of carboxylic acids is 4. The highest BCUT2D eigenvalue weighted by molar-refractivity contribution is 7.15. The van der Waals surface area contributed by atoms with Crippen molar-refractivity contribution in [2.24, 2.45) is 28.9 Å². The molecular weight excluding hydrogens is 1760 g/mol. The molecule has 9 heterocycles. The molecule has 1 aliphatic rings. The number of nitrogens with zero attached hydrogens (tertiary/aromatic N) is 7. The van der Waals surface area contributed by atoms with E-state index in [0.29, 0.717) is 107 Å². The Bertz CT molecular complexity index is 7130. The molecule has 0 bridgehead atoms. The van der Waals surface area contributed by atoms with Crippen LogP contribution in [0.15, 0.2) is 182 Å². The fourth-order valence-electron chi connectivity index (χ4n) is 17.8. The van der Waals surface area contributed by atoms with Gasteiger partial charge >= 0.3 is 23.9 Å². The molecule has 0 spiro atoms. The first-order valence-corrected chi connectivity index (χ1v) is 45.7. The Balaban J connectivity index is 0.000000153. The predicted molar refractivity (Wildman–Crippen MR) is 513 cm³/mol. The first-order valence-electron chi connectivity index (χ1n) is 44.1. The molecule has 0 radical (unpaired) electrons. The Labute approximate surface area is 784 Å². The number of benzene rings is 6. The number of amides is 4. The summed E-state index contributed by atoms with van der Waals surface area (Å²) in [5.41, 5.74) is 39.0. The van der Waals surface area contributed by atoms with Gasteiger partial charge in [0, 0.05) is 91.9 Å². The molecule has 0 aliphatic heterocycles. The largest absolute Gasteiger partial charge is 0.481 e. The molecule has 696 valence electrons. The molecule has 1 aliphatic carbocycles. The number of Topliss-reactive ketones (excluding diaryl/α,β-unsaturated/α-hetero) is 3. The molecule has 0 atom stereocenters. The molecule has 12 N–H and O–H groups in total. The van der Waals surface area contributed by atoms with Crippen molar-refractivity contribution >= 4 is 126 Å². The molecule has 4 amide bonds. The minimum absolute atomic E-state index is 0.00144. The van der Waals surface area contributed by atoms with E-state index in [2.05, 4.69) is 88.0 Å². The lowest BCUT2D eigenvalue weighted by Crippen LogP contribution is -2.24. The Morgan fingerprint density at radius 3 is 1.21 bits per heavy atom. The standard InChI is InChI=1S/C28H33N3O5.C27H27N3O5S.C26H25N3O5S.C22H18N2O4/c1-3-21-22(14-20-12-8-7-11-19(20)13-18-9-5-4-6-10-18)31-15-17(2)30-28(36-16-23(32)33)25(31)24(21)26(34)27(29)35;1-4-17-10-11-21(36-17)19-9-7-6-8-16(19)12-20-18(5-2)23(25(33)26(28)34)24-27(35-14-22(31)32)29-15(3)13-30(20)24;1-4-17-19(11-16-7-5-6-8-18(16)20-10-9-15(3)35-20)29-12-14(2)28-26(34-13-21(30)31)23(29)22(17)24(32)25(27)33;23-22(27)15-8-4-9-16-20(15)21-17(10-5-11-18(21)28-13-19(25)26)24(16)12-14-6-2-1-3-7-14/h7-8,11-12,15,18H,3-6,9-10,13-14,16H2,1-2H3,(H2,29,35)(H,32,33);6-11,13H,4-5,12,14H2,1-3H3,(H2,28,34)(H,31,32);5-10,12H,4,11,13H2,1-3H3,(H2,27,33)(H,30,31);1-11H,12-13H2,(H2,23,27)(H,25,26). The van der Waals surface area contributed by atoms with Crippen LogP contribution in [-0.2, 0) is 91.5 Å². The van der Waals surface area contributed by atoms with Crippen molar-refractivity contribution in [3.63, 3.8) is 0 Å². The van der Waals surface area contributed by atoms with Gasteiger partial charge < -0.3 is 80.1 Å². The van der Waals surface area contributed by atoms with Gasteiger partial charge in [-0.2, -0.15) is 0 Å². The lowest BCUT2D eigenvalue weighted by atomic mass is 9.83. The first kappa shape index (κ1) is 97.1. The maximum Gasteiger partial charge on any atom is 0.341 e. The van der Waals surface area contributed by atoms with Crippen molar-refractivity contribution in [1.82, 2.24) is 32.7 Å². The van der Waals surface area contributed by atoms with Crippen LogP contribution in [0.4, 0.5) is 0 Å². The van der Waals surface area contributed by atoms with Gasteiger partial charge in [0.25, 0.3) is 35.1 Å². The SMILES string of the molecule is CCc1c(C(=O)C(N)=O)c2c(OCC(=O)O)nc(C)cn2c1Cc1ccccc1-c1ccc(C)s1.CCc1c(C(=O)C(N)=O)c2c(OCC(=O)O)nc(C)cn2c1Cc1ccccc1CC1CCCCC1.CCc1ccc(-c2ccccc2Cc2c(CC)c(C(=O)C(N)=O)c3c(OCC(=O)O)nc(C)cn23)s1.NC(=O)c1cccc2c1c1c(OCC(=O)O)cccc1n2Cc1ccccc1. The zero-order valence-electron chi connectivity index (χ0n) is 75.8. The number of aryl methyl sites for hydroxylation is 5. The molecule has 0 unspecified atom stereocenters. The molecule has 16 rings (SSSR count). The van der Waals surface area contributed by atoms with E-state index in [1.165, 1.54) is 47.4 Å². The van der Waals surface area contributed by atoms with E-state index >= 15 is 0 Å². The van der Waals surface area contributed by atoms with Crippen LogP contribution < -0.4 is 41.9 Å². The van der Waals surface area contributed by atoms with E-state index in [0.717, 1.165) is 84.1 Å². The van der Waals surface area contributed by atoms with Crippen LogP contribution in [0, 0.1) is 33.6 Å². The summed E-state index contributed by atoms with van der Waals surface area (Å²) in [7, 11) is 0. The van der Waals surface area contributed by atoms with Crippen molar-refractivity contribution < 1.29 is 92.1 Å². The number of hydrogen-bond acceptors (Lipinski definition) is 20. The van der Waals surface area contributed by atoms with Crippen molar-refractivity contribution in [3.05, 3.63) is 293 Å². The fraction of sp³-hybridized carbons (Fsp3) is 0.262. The quantitative estimate of drug-likeness (QED) is 0.0135. The number of carboxylic acid groups (broad SMARTS) is 4. The van der Waals surface area contributed by atoms with Gasteiger partial charge in [0.1, 0.15) is 22.3 Å². The Morgan fingerprint density at radius 1 is 0.407 bits per heavy atom. The number of carbonyl (C=O) groups is 11. The number of thiophene rings is 2. The number of nitrogens with two attached hydrogens (primary N) is 4. The summed E-state index contributed by atoms with van der Waals surface area (Å²) in [6.07, 6.45) is 16.5. The fourth-order valence-corrected chi connectivity index (χ4v) is 19.7. The second-order valence-corrected chi connectivity index (χ2v) is 35.1. The topological polar surface area (TPSA) is 467 Å². The monoisotopic (exact) mass is 1860 g/mol. The number of carbonyl (C=O) groups excluding carboxylic acids is 7. The van der Waals surface area contributed by atoms with Crippen molar-refractivity contribution in [2.75, 3.05) is 26.4 Å². The average Bonchev–Trinajstić information content (AvgIpc) is 1.60. The van der Waals surface area contributed by atoms with Crippen LogP contribution in [0.2, 0.25) is 0 Å². The van der Waals surface area contributed by atoms with Crippen LogP contribution in [0.1, 0.15) is 190 Å². The molecule has 1 saturated carbocycles. The number of ether oxygens (including phenoxy) is 4. The third kappa shape index (κ3) is 21.8. The number of aliphatic carboxylic acids is 4. The van der Waals surface area contributed by atoms with E-state index in [1.807, 2.05) is 116 Å². The molecule has 1 fully saturated rings. The summed E-state index contributed by atoms with van der Waals surface area (Å²) in [6, 6.07) is 53.7. The average molecular weight is 1860 g/mol. The number of ketones is 3. The van der Waals surface area contributed by atoms with Crippen molar-refractivity contribution in [2.45, 2.75) is 145 Å². The molecular formula is C103H103N11O19S2. The smallest absolute Gasteiger partial charge is 0.341 e. The minimum atomic E-state index is -1.18. The zero-order chi connectivity index (χ0) is 96.7. The Morgan fingerprint density at radius 2 is 0.800 bits per heavy atom. The Hall–Kier alpha value is -15.4. The first-order chi connectivity index (χ1) is 64.8. The van der Waals surface area contributed by atoms with Gasteiger partial charge in [-0.1, -0.05) is 175 Å². The molecule has 32 heteroatoms. The molecule has 0 saturated heterocycles. The molecule has 15 aromatic rings. The molecule has 9 aromatic heterocycles. The van der Waals surface area contributed by atoms with Gasteiger partial charge in [0.05, 0.1) is 50.2 Å². The van der Waals surface area contributed by atoms with Gasteiger partial charge in [-0.25, -0.2) is 34.1 Å². The van der Waals surface area contributed by atoms with Gasteiger partial charge in [0.2, 0.25) is 23.5 Å². The lowest BCUT2D eigenvalue weighted by Gasteiger charge is -2.23. The lowest BCUT2D eigenvalue weighted by molar-refractivity contribution is -0.140. The minimum Gasteiger partial charge on any atom is -0.481 e. The third-order valence-corrected chi connectivity index (χ3v) is 25.8. The van der Waals surface area contributed by atoms with Crippen LogP contribution in [0.5, 0.6) is 23.4 Å². The summed E-state index contributed by atoms with van der Waals surface area (Å²) >= 11 is 3.44. The Kier molecular flexibility index (Phi) is 31.1. The van der Waals surface area contributed by atoms with E-state index in [1.54, 1.807) is 89.0 Å². The van der Waals surface area contributed by atoms with E-state index in [4.69, 9.17) is 62.3 Å². The zero-order valence-corrected chi connectivity index (χ0v) is 77.4. The molecule has 6 aromatic carbocycles. The van der Waals surface area contributed by atoms with E-state index < -0.39 is 91.3 Å². The summed E-state index contributed by atoms with van der Waals surface area (Å²) in [5.74, 6) is -9.96. The van der Waals surface area contributed by atoms with Crippen LogP contribution >= 0.6 is 22.7 Å². The van der Waals surface area contributed by atoms with Crippen LogP contribution in [0.3, 0.4) is 0 Å². The highest BCUT2D eigenvalue weighted by atomic mass is 32.1. The number of rotatable bonds is 35. The summed E-state index contributed by atoms with van der Waals surface area (Å²) in [5, 5.41) is 37.8. The maximum absolute atomic E-state index is 13.0. The van der Waals surface area contributed by atoms with Gasteiger partial charge in [0.15, 0.2) is 26.4 Å². The normalized spacial score (nSPS) is 11.9. The number of aromatic nitrogens is 7. The number of primary amides is 4. The van der Waals surface area contributed by atoms with Gasteiger partial charge in [-0.3, -0.25) is 33.6 Å². The van der Waals surface area contributed by atoms with E-state index in [-0.39, 0.29) is 50.9 Å². The number of hydrogen-bond donors (Lipinski definition) is 8. The van der Waals surface area contributed by atoms with Crippen LogP contribution in [0.25, 0.3) is 59.2 Å². The van der Waals surface area contributed by atoms with Crippen LogP contribution in [-0.4, -0.2) is 144 Å². The van der Waals surface area contributed by atoms with Crippen molar-refractivity contribution in [1.29, 1.82) is 0 Å². The second kappa shape index (κ2) is 43.3. The predicted octanol–water partition coefficient (Wildman–Crippen LogP) is 15.6. The summed E-state index contributed by atoms with van der Waals surface area (Å²) in [4.78, 5) is 149. The summed E-state index contributed by atoms with van der Waals surface area (Å²) < 4.78 is 29.4. The molecule has 135 heavy (non-hydrogen) atoms. The number of fused-ring (bicyclic) bond motifs is 6. The third-order valence-electron chi connectivity index (χ3n) is 23.5. The maximum atomic E-state index is 13.0. The highest BCUT2D eigenvalue weighted by Crippen LogP contribution is 2.43. The highest BCUT2D eigenvalue weighted by Gasteiger charge is 2.35. The summed E-state index contributed by atoms with van der Waals surface area (Å²) in [6.45, 7) is 13.4. The van der Waals surface area contributed by atoms with Gasteiger partial charge in [-0.15, -0.1) is 22.7 Å².